The molecular formula is C26H33FN6O3S. The summed E-state index contributed by atoms with van der Waals surface area (Å²) in [5.74, 6) is 0.803. The first-order valence-electron chi connectivity index (χ1n) is 12.2. The van der Waals surface area contributed by atoms with Crippen LogP contribution < -0.4 is 15.4 Å². The number of aromatic nitrogens is 2. The Labute approximate surface area is 217 Å². The molecule has 11 heteroatoms. The van der Waals surface area contributed by atoms with Gasteiger partial charge in [-0.05, 0) is 100 Å². The van der Waals surface area contributed by atoms with Crippen molar-refractivity contribution in [2.24, 2.45) is 5.92 Å². The summed E-state index contributed by atoms with van der Waals surface area (Å²) in [6.07, 6.45) is 3.35. The summed E-state index contributed by atoms with van der Waals surface area (Å²) in [5, 5.41) is 16.1. The highest BCUT2D eigenvalue weighted by Gasteiger charge is 2.25. The standard InChI is InChI=1S/C26H33FN6O3S/c1-26(2,34)18-33-15-12-19(13-16-33)17-29-37(35,36)23-9-7-22(8-10-23)31-25-28-14-11-24(32-25)30-21-5-3-20(27)4-6-21/h3-11,14,19,29,34H,12-13,15-18H2,1-2H3,(H2,28,30,31,32). The van der Waals surface area contributed by atoms with Crippen molar-refractivity contribution in [3.05, 3.63) is 66.6 Å². The van der Waals surface area contributed by atoms with Gasteiger partial charge in [0.1, 0.15) is 11.6 Å². The molecule has 1 aliphatic heterocycles. The Hall–Kier alpha value is -3.12. The molecule has 0 unspecified atom stereocenters. The van der Waals surface area contributed by atoms with Crippen molar-refractivity contribution >= 4 is 33.2 Å². The zero-order valence-electron chi connectivity index (χ0n) is 21.0. The molecule has 0 atom stereocenters. The minimum atomic E-state index is -3.64. The second-order valence-corrected chi connectivity index (χ2v) is 11.7. The number of aliphatic hydroxyl groups is 1. The second-order valence-electron chi connectivity index (χ2n) is 9.93. The Balaban J connectivity index is 1.29. The Bertz CT molecular complexity index is 1270. The summed E-state index contributed by atoms with van der Waals surface area (Å²) in [6, 6.07) is 14.0. The molecule has 2 aromatic carbocycles. The van der Waals surface area contributed by atoms with E-state index >= 15 is 0 Å². The average Bonchev–Trinajstić information content (AvgIpc) is 2.85. The van der Waals surface area contributed by atoms with Gasteiger partial charge in [-0.1, -0.05) is 0 Å². The first kappa shape index (κ1) is 26.9. The molecule has 198 valence electrons. The zero-order valence-corrected chi connectivity index (χ0v) is 21.8. The van der Waals surface area contributed by atoms with Crippen LogP contribution in [-0.2, 0) is 10.0 Å². The molecule has 2 heterocycles. The second kappa shape index (κ2) is 11.5. The van der Waals surface area contributed by atoms with Crippen molar-refractivity contribution in [3.8, 4) is 0 Å². The molecule has 1 aromatic heterocycles. The number of nitrogens with zero attached hydrogens (tertiary/aromatic N) is 3. The van der Waals surface area contributed by atoms with Crippen LogP contribution in [0.5, 0.6) is 0 Å². The maximum absolute atomic E-state index is 13.1. The number of β-amino-alcohol motifs (C(OH)–C–C–N with tert-alkyl or cyclic N) is 1. The van der Waals surface area contributed by atoms with E-state index in [-0.39, 0.29) is 16.6 Å². The number of likely N-dealkylation sites (tertiary alicyclic amines) is 1. The molecule has 4 rings (SSSR count). The minimum absolute atomic E-state index is 0.185. The zero-order chi connectivity index (χ0) is 26.5. The quantitative estimate of drug-likeness (QED) is 0.313. The molecule has 3 aromatic rings. The van der Waals surface area contributed by atoms with Gasteiger partial charge in [0.2, 0.25) is 16.0 Å². The van der Waals surface area contributed by atoms with Crippen LogP contribution >= 0.6 is 0 Å². The third-order valence-corrected chi connectivity index (χ3v) is 7.51. The van der Waals surface area contributed by atoms with Gasteiger partial charge in [0.15, 0.2) is 0 Å². The number of halogens is 1. The Morgan fingerprint density at radius 1 is 1.00 bits per heavy atom. The van der Waals surface area contributed by atoms with E-state index < -0.39 is 15.6 Å². The number of sulfonamides is 1. The van der Waals surface area contributed by atoms with Crippen LogP contribution in [0.3, 0.4) is 0 Å². The number of anilines is 4. The van der Waals surface area contributed by atoms with E-state index in [2.05, 4.69) is 30.2 Å². The van der Waals surface area contributed by atoms with Gasteiger partial charge in [-0.2, -0.15) is 4.98 Å². The van der Waals surface area contributed by atoms with Crippen LogP contribution in [0.15, 0.2) is 65.7 Å². The average molecular weight is 529 g/mol. The topological polar surface area (TPSA) is 119 Å². The molecule has 1 saturated heterocycles. The highest BCUT2D eigenvalue weighted by molar-refractivity contribution is 7.89. The summed E-state index contributed by atoms with van der Waals surface area (Å²) in [4.78, 5) is 11.0. The minimum Gasteiger partial charge on any atom is -0.389 e. The summed E-state index contributed by atoms with van der Waals surface area (Å²) in [7, 11) is -3.64. The van der Waals surface area contributed by atoms with Gasteiger partial charge in [-0.3, -0.25) is 0 Å². The molecule has 1 fully saturated rings. The molecule has 0 saturated carbocycles. The number of nitrogens with one attached hydrogen (secondary N) is 3. The maximum Gasteiger partial charge on any atom is 0.240 e. The fourth-order valence-electron chi connectivity index (χ4n) is 4.22. The number of benzene rings is 2. The van der Waals surface area contributed by atoms with Crippen molar-refractivity contribution in [2.75, 3.05) is 36.8 Å². The van der Waals surface area contributed by atoms with Crippen LogP contribution in [0.1, 0.15) is 26.7 Å². The Morgan fingerprint density at radius 2 is 1.62 bits per heavy atom. The first-order chi connectivity index (χ1) is 17.6. The monoisotopic (exact) mass is 528 g/mol. The van der Waals surface area contributed by atoms with Crippen molar-refractivity contribution in [2.45, 2.75) is 37.2 Å². The fourth-order valence-corrected chi connectivity index (χ4v) is 5.34. The molecule has 4 N–H and O–H groups in total. The lowest BCUT2D eigenvalue weighted by Gasteiger charge is -2.35. The third kappa shape index (κ3) is 8.19. The van der Waals surface area contributed by atoms with E-state index in [1.165, 1.54) is 24.3 Å². The summed E-state index contributed by atoms with van der Waals surface area (Å²) in [5.41, 5.74) is 0.593. The predicted molar refractivity (Wildman–Crippen MR) is 142 cm³/mol. The van der Waals surface area contributed by atoms with Crippen LogP contribution in [0.25, 0.3) is 0 Å². The largest absolute Gasteiger partial charge is 0.389 e. The van der Waals surface area contributed by atoms with E-state index in [0.29, 0.717) is 36.2 Å². The van der Waals surface area contributed by atoms with Gasteiger partial charge < -0.3 is 20.6 Å². The van der Waals surface area contributed by atoms with Gasteiger partial charge in [0, 0.05) is 30.7 Å². The molecule has 0 amide bonds. The first-order valence-corrected chi connectivity index (χ1v) is 13.7. The molecule has 0 aliphatic carbocycles. The maximum atomic E-state index is 13.1. The van der Waals surface area contributed by atoms with Crippen molar-refractivity contribution in [1.82, 2.24) is 19.6 Å². The molecule has 9 nitrogen and oxygen atoms in total. The summed E-state index contributed by atoms with van der Waals surface area (Å²) < 4.78 is 41.5. The van der Waals surface area contributed by atoms with Crippen LogP contribution in [0.2, 0.25) is 0 Å². The van der Waals surface area contributed by atoms with Crippen molar-refractivity contribution < 1.29 is 17.9 Å². The lowest BCUT2D eigenvalue weighted by Crippen LogP contribution is -2.44. The summed E-state index contributed by atoms with van der Waals surface area (Å²) in [6.45, 7) is 6.29. The molecule has 0 bridgehead atoms. The number of rotatable bonds is 10. The Morgan fingerprint density at radius 3 is 2.27 bits per heavy atom. The van der Waals surface area contributed by atoms with Crippen molar-refractivity contribution in [3.63, 3.8) is 0 Å². The SMILES string of the molecule is CC(C)(O)CN1CCC(CNS(=O)(=O)c2ccc(Nc3nccc(Nc4ccc(F)cc4)n3)cc2)CC1. The van der Waals surface area contributed by atoms with Gasteiger partial charge >= 0.3 is 0 Å². The molecule has 37 heavy (non-hydrogen) atoms. The van der Waals surface area contributed by atoms with Crippen molar-refractivity contribution in [1.29, 1.82) is 0 Å². The molecule has 0 spiro atoms. The number of hydrogen-bond donors (Lipinski definition) is 4. The molecule has 0 radical (unpaired) electrons. The summed E-state index contributed by atoms with van der Waals surface area (Å²) >= 11 is 0. The predicted octanol–water partition coefficient (Wildman–Crippen LogP) is 3.86. The Kier molecular flexibility index (Phi) is 8.38. The smallest absolute Gasteiger partial charge is 0.240 e. The highest BCUT2D eigenvalue weighted by Crippen LogP contribution is 2.21. The van der Waals surface area contributed by atoms with Crippen LogP contribution in [-0.4, -0.2) is 60.2 Å². The van der Waals surface area contributed by atoms with Crippen LogP contribution in [0, 0.1) is 11.7 Å². The highest BCUT2D eigenvalue weighted by atomic mass is 32.2. The van der Waals surface area contributed by atoms with E-state index in [0.717, 1.165) is 25.9 Å². The van der Waals surface area contributed by atoms with E-state index in [4.69, 9.17) is 0 Å². The van der Waals surface area contributed by atoms with Gasteiger partial charge in [-0.15, -0.1) is 0 Å². The number of piperidine rings is 1. The van der Waals surface area contributed by atoms with E-state index in [1.807, 2.05) is 0 Å². The third-order valence-electron chi connectivity index (χ3n) is 6.07. The van der Waals surface area contributed by atoms with Gasteiger partial charge in [0.05, 0.1) is 10.5 Å². The molecular weight excluding hydrogens is 495 g/mol. The van der Waals surface area contributed by atoms with Gasteiger partial charge in [0.25, 0.3) is 0 Å². The lowest BCUT2D eigenvalue weighted by molar-refractivity contribution is 0.0248. The van der Waals surface area contributed by atoms with Crippen LogP contribution in [0.4, 0.5) is 27.5 Å². The van der Waals surface area contributed by atoms with E-state index in [9.17, 15) is 17.9 Å². The van der Waals surface area contributed by atoms with E-state index in [1.54, 1.807) is 50.4 Å². The molecule has 1 aliphatic rings. The van der Waals surface area contributed by atoms with Gasteiger partial charge in [-0.25, -0.2) is 22.5 Å². The fraction of sp³-hybridized carbons (Fsp3) is 0.385. The lowest BCUT2D eigenvalue weighted by atomic mass is 9.96. The normalized spacial score (nSPS) is 15.5. The number of hydrogen-bond acceptors (Lipinski definition) is 8.